The number of piperidine rings is 1. The lowest BCUT2D eigenvalue weighted by Crippen LogP contribution is -2.49. The van der Waals surface area contributed by atoms with E-state index in [1.807, 2.05) is 44.9 Å². The predicted octanol–water partition coefficient (Wildman–Crippen LogP) is 2.37. The number of hydrogen-bond acceptors (Lipinski definition) is 5. The van der Waals surface area contributed by atoms with Crippen molar-refractivity contribution < 1.29 is 19.1 Å². The minimum atomic E-state index is -0.366. The molecule has 7 nitrogen and oxygen atoms in total. The number of amides is 2. The summed E-state index contributed by atoms with van der Waals surface area (Å²) in [5.74, 6) is 1.49. The first-order valence-corrected chi connectivity index (χ1v) is 9.93. The van der Waals surface area contributed by atoms with E-state index >= 15 is 0 Å². The molecule has 0 bridgehead atoms. The summed E-state index contributed by atoms with van der Waals surface area (Å²) in [6, 6.07) is 5.68. The van der Waals surface area contributed by atoms with Crippen molar-refractivity contribution in [1.29, 1.82) is 0 Å². The van der Waals surface area contributed by atoms with E-state index in [0.717, 1.165) is 25.9 Å². The Balaban J connectivity index is 1.47. The van der Waals surface area contributed by atoms with Crippen LogP contribution in [0.1, 0.15) is 33.6 Å². The third kappa shape index (κ3) is 4.95. The smallest absolute Gasteiger partial charge is 0.238 e. The fourth-order valence-corrected chi connectivity index (χ4v) is 3.68. The molecule has 0 atom stereocenters. The van der Waals surface area contributed by atoms with Crippen LogP contribution < -0.4 is 14.8 Å². The van der Waals surface area contributed by atoms with E-state index in [2.05, 4.69) is 10.2 Å². The summed E-state index contributed by atoms with van der Waals surface area (Å²) >= 11 is 0. The second-order valence-electron chi connectivity index (χ2n) is 8.58. The zero-order valence-corrected chi connectivity index (χ0v) is 17.3. The van der Waals surface area contributed by atoms with Gasteiger partial charge in [0, 0.05) is 43.3 Å². The van der Waals surface area contributed by atoms with Crippen molar-refractivity contribution in [2.75, 3.05) is 45.2 Å². The van der Waals surface area contributed by atoms with Crippen molar-refractivity contribution in [3.05, 3.63) is 18.2 Å². The van der Waals surface area contributed by atoms with Crippen LogP contribution in [0.2, 0.25) is 0 Å². The lowest BCUT2D eigenvalue weighted by molar-refractivity contribution is -0.141. The molecule has 0 saturated carbocycles. The van der Waals surface area contributed by atoms with Crippen molar-refractivity contribution >= 4 is 17.5 Å². The molecule has 28 heavy (non-hydrogen) atoms. The third-order valence-corrected chi connectivity index (χ3v) is 5.26. The van der Waals surface area contributed by atoms with Gasteiger partial charge in [-0.15, -0.1) is 0 Å². The van der Waals surface area contributed by atoms with Gasteiger partial charge in [-0.2, -0.15) is 0 Å². The van der Waals surface area contributed by atoms with Crippen LogP contribution in [0.5, 0.6) is 11.5 Å². The highest BCUT2D eigenvalue weighted by atomic mass is 16.6. The molecule has 0 radical (unpaired) electrons. The molecule has 1 aromatic rings. The van der Waals surface area contributed by atoms with Crippen molar-refractivity contribution in [2.24, 2.45) is 5.41 Å². The fraction of sp³-hybridized carbons (Fsp3) is 0.619. The van der Waals surface area contributed by atoms with E-state index in [9.17, 15) is 9.59 Å². The number of benzene rings is 1. The zero-order chi connectivity index (χ0) is 20.3. The molecule has 1 N–H and O–H groups in total. The SMILES string of the molecule is CN(C(=O)C(C)(C)C)C1CCN(CC(=O)Nc2ccc3c(c2)OCCO3)CC1. The minimum Gasteiger partial charge on any atom is -0.486 e. The molecule has 2 aliphatic rings. The summed E-state index contributed by atoms with van der Waals surface area (Å²) in [5.41, 5.74) is 0.342. The molecule has 1 aromatic carbocycles. The average molecular weight is 389 g/mol. The Bertz CT molecular complexity index is 721. The first kappa shape index (κ1) is 20.5. The van der Waals surface area contributed by atoms with Crippen LogP contribution in [0.25, 0.3) is 0 Å². The Morgan fingerprint density at radius 3 is 2.43 bits per heavy atom. The molecule has 1 saturated heterocycles. The van der Waals surface area contributed by atoms with Gasteiger partial charge in [0.2, 0.25) is 11.8 Å². The molecular weight excluding hydrogens is 358 g/mol. The van der Waals surface area contributed by atoms with Gasteiger partial charge in [0.15, 0.2) is 11.5 Å². The molecular formula is C21H31N3O4. The maximum atomic E-state index is 12.5. The van der Waals surface area contributed by atoms with Crippen LogP contribution >= 0.6 is 0 Å². The van der Waals surface area contributed by atoms with Crippen molar-refractivity contribution in [3.63, 3.8) is 0 Å². The monoisotopic (exact) mass is 389 g/mol. The van der Waals surface area contributed by atoms with Crippen LogP contribution in [0.15, 0.2) is 18.2 Å². The molecule has 2 aliphatic heterocycles. The van der Waals surface area contributed by atoms with Gasteiger partial charge in [0.1, 0.15) is 13.2 Å². The number of nitrogens with zero attached hydrogens (tertiary/aromatic N) is 2. The number of carbonyl (C=O) groups excluding carboxylic acids is 2. The maximum Gasteiger partial charge on any atom is 0.238 e. The van der Waals surface area contributed by atoms with E-state index < -0.39 is 0 Å². The van der Waals surface area contributed by atoms with E-state index in [0.29, 0.717) is 36.9 Å². The van der Waals surface area contributed by atoms with Crippen molar-refractivity contribution in [3.8, 4) is 11.5 Å². The number of likely N-dealkylation sites (tertiary alicyclic amines) is 1. The van der Waals surface area contributed by atoms with Crippen LogP contribution in [0.3, 0.4) is 0 Å². The number of fused-ring (bicyclic) bond motifs is 1. The summed E-state index contributed by atoms with van der Waals surface area (Å²) < 4.78 is 11.1. The predicted molar refractivity (Wildman–Crippen MR) is 108 cm³/mol. The Morgan fingerprint density at radius 1 is 1.14 bits per heavy atom. The number of anilines is 1. The highest BCUT2D eigenvalue weighted by molar-refractivity contribution is 5.92. The van der Waals surface area contributed by atoms with Gasteiger partial charge < -0.3 is 19.7 Å². The Hall–Kier alpha value is -2.28. The van der Waals surface area contributed by atoms with E-state index in [1.54, 1.807) is 6.07 Å². The van der Waals surface area contributed by atoms with Crippen LogP contribution in [0.4, 0.5) is 5.69 Å². The molecule has 0 spiro atoms. The van der Waals surface area contributed by atoms with Gasteiger partial charge in [0.05, 0.1) is 6.54 Å². The summed E-state index contributed by atoms with van der Waals surface area (Å²) in [4.78, 5) is 28.9. The minimum absolute atomic E-state index is 0.0470. The molecule has 0 aromatic heterocycles. The number of rotatable bonds is 4. The molecule has 3 rings (SSSR count). The number of ether oxygens (including phenoxy) is 2. The second-order valence-corrected chi connectivity index (χ2v) is 8.58. The van der Waals surface area contributed by atoms with Gasteiger partial charge in [-0.1, -0.05) is 20.8 Å². The Morgan fingerprint density at radius 2 is 1.79 bits per heavy atom. The largest absolute Gasteiger partial charge is 0.486 e. The molecule has 0 aliphatic carbocycles. The van der Waals surface area contributed by atoms with E-state index in [1.165, 1.54) is 0 Å². The fourth-order valence-electron chi connectivity index (χ4n) is 3.68. The Labute approximate surface area is 167 Å². The first-order chi connectivity index (χ1) is 13.2. The normalized spacial score (nSPS) is 17.9. The van der Waals surface area contributed by atoms with Gasteiger partial charge in [0.25, 0.3) is 0 Å². The summed E-state index contributed by atoms with van der Waals surface area (Å²) in [5, 5.41) is 2.93. The molecule has 1 fully saturated rings. The standard InChI is InChI=1S/C21H31N3O4/c1-21(2,3)20(26)23(4)16-7-9-24(10-8-16)14-19(25)22-15-5-6-17-18(13-15)28-12-11-27-17/h5-6,13,16H,7-12,14H2,1-4H3,(H,22,25). The van der Waals surface area contributed by atoms with E-state index in [4.69, 9.17) is 9.47 Å². The summed E-state index contributed by atoms with van der Waals surface area (Å²) in [6.45, 7) is 8.87. The quantitative estimate of drug-likeness (QED) is 0.856. The van der Waals surface area contributed by atoms with Gasteiger partial charge in [-0.3, -0.25) is 14.5 Å². The topological polar surface area (TPSA) is 71.1 Å². The highest BCUT2D eigenvalue weighted by Crippen LogP contribution is 2.32. The van der Waals surface area contributed by atoms with Gasteiger partial charge in [-0.05, 0) is 25.0 Å². The lowest BCUT2D eigenvalue weighted by Gasteiger charge is -2.38. The average Bonchev–Trinajstić information content (AvgIpc) is 2.66. The molecule has 0 unspecified atom stereocenters. The molecule has 154 valence electrons. The van der Waals surface area contributed by atoms with E-state index in [-0.39, 0.29) is 23.3 Å². The number of carbonyl (C=O) groups is 2. The van der Waals surface area contributed by atoms with Gasteiger partial charge >= 0.3 is 0 Å². The number of hydrogen-bond donors (Lipinski definition) is 1. The second kappa shape index (κ2) is 8.39. The molecule has 2 heterocycles. The van der Waals surface area contributed by atoms with Crippen LogP contribution in [-0.2, 0) is 9.59 Å². The van der Waals surface area contributed by atoms with Crippen molar-refractivity contribution in [1.82, 2.24) is 9.80 Å². The zero-order valence-electron chi connectivity index (χ0n) is 17.3. The maximum absolute atomic E-state index is 12.5. The van der Waals surface area contributed by atoms with Gasteiger partial charge in [-0.25, -0.2) is 0 Å². The first-order valence-electron chi connectivity index (χ1n) is 9.93. The lowest BCUT2D eigenvalue weighted by atomic mass is 9.92. The Kier molecular flexibility index (Phi) is 6.13. The van der Waals surface area contributed by atoms with Crippen LogP contribution in [0, 0.1) is 5.41 Å². The highest BCUT2D eigenvalue weighted by Gasteiger charge is 2.31. The number of nitrogens with one attached hydrogen (secondary N) is 1. The molecule has 7 heteroatoms. The summed E-state index contributed by atoms with van der Waals surface area (Å²) in [7, 11) is 1.89. The molecule has 2 amide bonds. The summed E-state index contributed by atoms with van der Waals surface area (Å²) in [6.07, 6.45) is 1.77. The van der Waals surface area contributed by atoms with Crippen LogP contribution in [-0.4, -0.2) is 67.6 Å². The third-order valence-electron chi connectivity index (χ3n) is 5.26. The van der Waals surface area contributed by atoms with Crippen molar-refractivity contribution in [2.45, 2.75) is 39.7 Å².